The standard InChI is InChI=1S/C9H10IN3O3S/c10-6-1-5(4-17-6)9(16)13(2-7(11)14)3-8(12)15/h1,4H,2-3H2,(H2,11,14)(H2,12,15). The summed E-state index contributed by atoms with van der Waals surface area (Å²) in [6, 6.07) is 1.67. The maximum atomic E-state index is 11.9. The molecule has 92 valence electrons. The second kappa shape index (κ2) is 5.96. The molecule has 0 fully saturated rings. The van der Waals surface area contributed by atoms with E-state index in [-0.39, 0.29) is 13.1 Å². The fraction of sp³-hybridized carbons (Fsp3) is 0.222. The van der Waals surface area contributed by atoms with E-state index in [0.29, 0.717) is 5.56 Å². The third-order valence-electron chi connectivity index (χ3n) is 1.80. The van der Waals surface area contributed by atoms with Crippen molar-refractivity contribution < 1.29 is 14.4 Å². The molecule has 1 aromatic rings. The van der Waals surface area contributed by atoms with E-state index in [1.54, 1.807) is 11.4 Å². The first-order valence-corrected chi connectivity index (χ1v) is 6.46. The van der Waals surface area contributed by atoms with Crippen LogP contribution in [0.25, 0.3) is 0 Å². The van der Waals surface area contributed by atoms with E-state index in [2.05, 4.69) is 22.6 Å². The monoisotopic (exact) mass is 367 g/mol. The fourth-order valence-electron chi connectivity index (χ4n) is 1.18. The van der Waals surface area contributed by atoms with Crippen molar-refractivity contribution in [1.82, 2.24) is 4.90 Å². The Morgan fingerprint density at radius 2 is 1.76 bits per heavy atom. The number of rotatable bonds is 5. The van der Waals surface area contributed by atoms with Crippen LogP contribution in [0.5, 0.6) is 0 Å². The lowest BCUT2D eigenvalue weighted by molar-refractivity contribution is -0.121. The van der Waals surface area contributed by atoms with E-state index < -0.39 is 17.7 Å². The summed E-state index contributed by atoms with van der Waals surface area (Å²) < 4.78 is 0.934. The molecule has 8 heteroatoms. The SMILES string of the molecule is NC(=O)CN(CC(N)=O)C(=O)c1csc(I)c1. The maximum absolute atomic E-state index is 11.9. The van der Waals surface area contributed by atoms with Crippen molar-refractivity contribution in [3.63, 3.8) is 0 Å². The summed E-state index contributed by atoms with van der Waals surface area (Å²) >= 11 is 3.47. The van der Waals surface area contributed by atoms with Gasteiger partial charge < -0.3 is 16.4 Å². The van der Waals surface area contributed by atoms with E-state index in [0.717, 1.165) is 7.78 Å². The molecule has 0 aliphatic carbocycles. The number of nitrogens with zero attached hydrogens (tertiary/aromatic N) is 1. The Kier molecular flexibility index (Phi) is 4.87. The molecule has 0 unspecified atom stereocenters. The zero-order chi connectivity index (χ0) is 13.0. The Hall–Kier alpha value is -1.16. The molecule has 17 heavy (non-hydrogen) atoms. The van der Waals surface area contributed by atoms with Crippen LogP contribution in [0.4, 0.5) is 0 Å². The van der Waals surface area contributed by atoms with Gasteiger partial charge in [-0.1, -0.05) is 0 Å². The number of carbonyl (C=O) groups is 3. The van der Waals surface area contributed by atoms with Crippen LogP contribution in [-0.4, -0.2) is 35.7 Å². The summed E-state index contributed by atoms with van der Waals surface area (Å²) in [5.74, 6) is -1.81. The zero-order valence-corrected chi connectivity index (χ0v) is 11.7. The van der Waals surface area contributed by atoms with Gasteiger partial charge in [0.2, 0.25) is 11.8 Å². The minimum Gasteiger partial charge on any atom is -0.368 e. The lowest BCUT2D eigenvalue weighted by atomic mass is 10.3. The van der Waals surface area contributed by atoms with Crippen molar-refractivity contribution in [2.24, 2.45) is 11.5 Å². The van der Waals surface area contributed by atoms with Gasteiger partial charge in [-0.05, 0) is 28.7 Å². The van der Waals surface area contributed by atoms with E-state index in [1.165, 1.54) is 11.3 Å². The summed E-state index contributed by atoms with van der Waals surface area (Å²) in [5.41, 5.74) is 10.4. The Bertz CT molecular complexity index is 444. The van der Waals surface area contributed by atoms with Gasteiger partial charge in [-0.3, -0.25) is 14.4 Å². The molecule has 0 saturated carbocycles. The molecule has 4 N–H and O–H groups in total. The lowest BCUT2D eigenvalue weighted by Gasteiger charge is -2.18. The smallest absolute Gasteiger partial charge is 0.255 e. The van der Waals surface area contributed by atoms with Crippen LogP contribution in [0.3, 0.4) is 0 Å². The quantitative estimate of drug-likeness (QED) is 0.702. The number of thiophene rings is 1. The van der Waals surface area contributed by atoms with Crippen molar-refractivity contribution in [1.29, 1.82) is 0 Å². The van der Waals surface area contributed by atoms with Crippen LogP contribution in [0.15, 0.2) is 11.4 Å². The van der Waals surface area contributed by atoms with E-state index in [4.69, 9.17) is 11.5 Å². The molecule has 0 aliphatic rings. The Labute approximate surface area is 115 Å². The van der Waals surface area contributed by atoms with Crippen LogP contribution in [-0.2, 0) is 9.59 Å². The zero-order valence-electron chi connectivity index (χ0n) is 8.68. The minimum absolute atomic E-state index is 0.325. The molecule has 0 aliphatic heterocycles. The summed E-state index contributed by atoms with van der Waals surface area (Å²) in [6.07, 6.45) is 0. The van der Waals surface area contributed by atoms with Gasteiger partial charge in [0.25, 0.3) is 5.91 Å². The topological polar surface area (TPSA) is 106 Å². The number of carbonyl (C=O) groups excluding carboxylic acids is 3. The van der Waals surface area contributed by atoms with Gasteiger partial charge in [-0.15, -0.1) is 11.3 Å². The van der Waals surface area contributed by atoms with Crippen molar-refractivity contribution in [2.75, 3.05) is 13.1 Å². The molecule has 0 atom stereocenters. The molecule has 0 saturated heterocycles. The molecule has 0 aromatic carbocycles. The van der Waals surface area contributed by atoms with Gasteiger partial charge in [-0.2, -0.15) is 0 Å². The second-order valence-corrected chi connectivity index (χ2v) is 6.04. The normalized spacial score (nSPS) is 9.94. The molecule has 1 rings (SSSR count). The van der Waals surface area contributed by atoms with Crippen LogP contribution < -0.4 is 11.5 Å². The maximum Gasteiger partial charge on any atom is 0.255 e. The third-order valence-corrected chi connectivity index (χ3v) is 3.58. The summed E-state index contributed by atoms with van der Waals surface area (Å²) in [4.78, 5) is 34.6. The van der Waals surface area contributed by atoms with Crippen molar-refractivity contribution in [3.05, 3.63) is 19.9 Å². The van der Waals surface area contributed by atoms with Crippen LogP contribution >= 0.6 is 33.9 Å². The number of hydrogen-bond acceptors (Lipinski definition) is 4. The molecule has 0 spiro atoms. The predicted molar refractivity (Wildman–Crippen MR) is 71.3 cm³/mol. The average molecular weight is 367 g/mol. The summed E-state index contributed by atoms with van der Waals surface area (Å²) in [6.45, 7) is -0.650. The number of hydrogen-bond donors (Lipinski definition) is 2. The third kappa shape index (κ3) is 4.30. The number of amides is 3. The van der Waals surface area contributed by atoms with Gasteiger partial charge in [0.05, 0.1) is 8.45 Å². The van der Waals surface area contributed by atoms with Gasteiger partial charge in [0.1, 0.15) is 13.1 Å². The molecule has 1 heterocycles. The highest BCUT2D eigenvalue weighted by Gasteiger charge is 2.20. The summed E-state index contributed by atoms with van der Waals surface area (Å²) in [7, 11) is 0. The van der Waals surface area contributed by atoms with E-state index in [1.807, 2.05) is 0 Å². The highest BCUT2D eigenvalue weighted by atomic mass is 127. The number of nitrogens with two attached hydrogens (primary N) is 2. The molecule has 0 radical (unpaired) electrons. The van der Waals surface area contributed by atoms with Crippen molar-refractivity contribution in [3.8, 4) is 0 Å². The predicted octanol–water partition coefficient (Wildman–Crippen LogP) is -0.235. The molecular weight excluding hydrogens is 357 g/mol. The van der Waals surface area contributed by atoms with Crippen LogP contribution in [0, 0.1) is 2.88 Å². The molecular formula is C9H10IN3O3S. The van der Waals surface area contributed by atoms with Crippen LogP contribution in [0.1, 0.15) is 10.4 Å². The van der Waals surface area contributed by atoms with Gasteiger partial charge >= 0.3 is 0 Å². The fourth-order valence-corrected chi connectivity index (χ4v) is 2.50. The van der Waals surface area contributed by atoms with Crippen LogP contribution in [0.2, 0.25) is 0 Å². The second-order valence-electron chi connectivity index (χ2n) is 3.23. The molecule has 6 nitrogen and oxygen atoms in total. The molecule has 3 amide bonds. The van der Waals surface area contributed by atoms with Gasteiger partial charge in [0, 0.05) is 5.38 Å². The number of halogens is 1. The number of primary amides is 2. The largest absolute Gasteiger partial charge is 0.368 e. The van der Waals surface area contributed by atoms with Gasteiger partial charge in [-0.25, -0.2) is 0 Å². The molecule has 1 aromatic heterocycles. The summed E-state index contributed by atoms with van der Waals surface area (Å²) in [5, 5.41) is 1.65. The Morgan fingerprint density at radius 3 is 2.12 bits per heavy atom. The molecule has 0 bridgehead atoms. The lowest BCUT2D eigenvalue weighted by Crippen LogP contribution is -2.43. The van der Waals surface area contributed by atoms with Crippen molar-refractivity contribution in [2.45, 2.75) is 0 Å². The average Bonchev–Trinajstić information content (AvgIpc) is 2.61. The highest BCUT2D eigenvalue weighted by molar-refractivity contribution is 14.1. The van der Waals surface area contributed by atoms with Crippen molar-refractivity contribution >= 4 is 51.6 Å². The highest BCUT2D eigenvalue weighted by Crippen LogP contribution is 2.18. The van der Waals surface area contributed by atoms with E-state index in [9.17, 15) is 14.4 Å². The first-order valence-electron chi connectivity index (χ1n) is 4.50. The Morgan fingerprint density at radius 1 is 1.24 bits per heavy atom. The van der Waals surface area contributed by atoms with Gasteiger partial charge in [0.15, 0.2) is 0 Å². The first kappa shape index (κ1) is 13.9. The van der Waals surface area contributed by atoms with E-state index >= 15 is 0 Å². The Balaban J connectivity index is 2.85. The first-order chi connectivity index (χ1) is 7.90. The minimum atomic E-state index is -0.690.